The van der Waals surface area contributed by atoms with Gasteiger partial charge in [-0.2, -0.15) is 0 Å². The van der Waals surface area contributed by atoms with Crippen LogP contribution in [0.25, 0.3) is 0 Å². The molecule has 1 aromatic carbocycles. The molecule has 2 bridgehead atoms. The first-order valence-corrected chi connectivity index (χ1v) is 7.42. The molecular formula is C16H21NO. The monoisotopic (exact) mass is 243 g/mol. The summed E-state index contributed by atoms with van der Waals surface area (Å²) in [5.74, 6) is 0. The molecule has 3 aliphatic heterocycles. The van der Waals surface area contributed by atoms with Crippen LogP contribution in [0.1, 0.15) is 55.4 Å². The zero-order valence-electron chi connectivity index (χ0n) is 10.8. The van der Waals surface area contributed by atoms with Crippen molar-refractivity contribution < 1.29 is 4.74 Å². The van der Waals surface area contributed by atoms with Crippen LogP contribution < -0.4 is 0 Å². The van der Waals surface area contributed by atoms with Crippen LogP contribution >= 0.6 is 0 Å². The van der Waals surface area contributed by atoms with Crippen LogP contribution in [0.5, 0.6) is 0 Å². The van der Waals surface area contributed by atoms with Crippen LogP contribution in [0, 0.1) is 0 Å². The molecule has 3 aliphatic rings. The van der Waals surface area contributed by atoms with E-state index in [9.17, 15) is 0 Å². The maximum absolute atomic E-state index is 6.21. The van der Waals surface area contributed by atoms with Gasteiger partial charge < -0.3 is 4.74 Å². The van der Waals surface area contributed by atoms with E-state index in [0.29, 0.717) is 18.2 Å². The lowest BCUT2D eigenvalue weighted by Gasteiger charge is -2.32. The summed E-state index contributed by atoms with van der Waals surface area (Å²) in [6.45, 7) is 2.55. The Labute approximate surface area is 109 Å². The summed E-state index contributed by atoms with van der Waals surface area (Å²) in [5.41, 5.74) is 2.91. The topological polar surface area (TPSA) is 12.5 Å². The molecule has 0 aromatic heterocycles. The molecule has 0 unspecified atom stereocenters. The highest BCUT2D eigenvalue weighted by Crippen LogP contribution is 2.52. The molecule has 2 nitrogen and oxygen atoms in total. The second kappa shape index (κ2) is 4.36. The number of ether oxygens (including phenoxy) is 1. The lowest BCUT2D eigenvalue weighted by atomic mass is 9.87. The first-order valence-electron chi connectivity index (χ1n) is 7.42. The van der Waals surface area contributed by atoms with Crippen LogP contribution in [0.4, 0.5) is 0 Å². The van der Waals surface area contributed by atoms with E-state index in [-0.39, 0.29) is 0 Å². The quantitative estimate of drug-likeness (QED) is 0.749. The SMILES string of the molecule is c1ccc2c(c1)[C@H]1O[C@@H]2C[C@@H]1N1CCCCCC1. The molecule has 0 spiro atoms. The van der Waals surface area contributed by atoms with Gasteiger partial charge in [-0.15, -0.1) is 0 Å². The van der Waals surface area contributed by atoms with E-state index in [1.54, 1.807) is 0 Å². The van der Waals surface area contributed by atoms with Crippen molar-refractivity contribution >= 4 is 0 Å². The third-order valence-electron chi connectivity index (χ3n) is 4.88. The molecule has 18 heavy (non-hydrogen) atoms. The molecule has 2 heteroatoms. The van der Waals surface area contributed by atoms with Gasteiger partial charge in [-0.05, 0) is 43.5 Å². The molecule has 3 atom stereocenters. The smallest absolute Gasteiger partial charge is 0.0993 e. The van der Waals surface area contributed by atoms with Crippen LogP contribution in [0.15, 0.2) is 24.3 Å². The fourth-order valence-electron chi connectivity index (χ4n) is 3.98. The van der Waals surface area contributed by atoms with E-state index in [1.807, 2.05) is 0 Å². The highest BCUT2D eigenvalue weighted by molar-refractivity contribution is 5.38. The summed E-state index contributed by atoms with van der Waals surface area (Å²) >= 11 is 0. The summed E-state index contributed by atoms with van der Waals surface area (Å²) in [5, 5.41) is 0. The van der Waals surface area contributed by atoms with Gasteiger partial charge in [0.05, 0.1) is 12.2 Å². The van der Waals surface area contributed by atoms with Gasteiger partial charge in [0.25, 0.3) is 0 Å². The number of fused-ring (bicyclic) bond motifs is 5. The minimum Gasteiger partial charge on any atom is -0.364 e. The highest BCUT2D eigenvalue weighted by Gasteiger charge is 2.46. The molecular weight excluding hydrogens is 222 g/mol. The van der Waals surface area contributed by atoms with E-state index in [4.69, 9.17) is 4.74 Å². The number of nitrogens with zero attached hydrogens (tertiary/aromatic N) is 1. The third-order valence-corrected chi connectivity index (χ3v) is 4.88. The van der Waals surface area contributed by atoms with E-state index in [2.05, 4.69) is 29.2 Å². The molecule has 0 aliphatic carbocycles. The van der Waals surface area contributed by atoms with Crippen molar-refractivity contribution in [3.8, 4) is 0 Å². The van der Waals surface area contributed by atoms with Crippen molar-refractivity contribution in [1.29, 1.82) is 0 Å². The van der Waals surface area contributed by atoms with Crippen molar-refractivity contribution in [2.45, 2.75) is 50.4 Å². The van der Waals surface area contributed by atoms with E-state index >= 15 is 0 Å². The zero-order chi connectivity index (χ0) is 11.9. The summed E-state index contributed by atoms with van der Waals surface area (Å²) in [6, 6.07) is 9.46. The molecule has 0 radical (unpaired) electrons. The number of hydrogen-bond donors (Lipinski definition) is 0. The second-order valence-electron chi connectivity index (χ2n) is 5.93. The Balaban J connectivity index is 1.59. The second-order valence-corrected chi connectivity index (χ2v) is 5.93. The Kier molecular flexibility index (Phi) is 2.66. The Morgan fingerprint density at radius 2 is 1.67 bits per heavy atom. The van der Waals surface area contributed by atoms with Gasteiger partial charge in [-0.1, -0.05) is 37.1 Å². The molecule has 2 fully saturated rings. The number of rotatable bonds is 1. The summed E-state index contributed by atoms with van der Waals surface area (Å²) in [7, 11) is 0. The molecule has 2 saturated heterocycles. The first kappa shape index (κ1) is 11.0. The van der Waals surface area contributed by atoms with Crippen molar-refractivity contribution in [1.82, 2.24) is 4.90 Å². The highest BCUT2D eigenvalue weighted by atomic mass is 16.5. The fraction of sp³-hybridized carbons (Fsp3) is 0.625. The fourth-order valence-corrected chi connectivity index (χ4v) is 3.98. The molecule has 96 valence electrons. The van der Waals surface area contributed by atoms with Crippen LogP contribution in [0.3, 0.4) is 0 Å². The summed E-state index contributed by atoms with van der Waals surface area (Å²) in [4.78, 5) is 2.70. The van der Waals surface area contributed by atoms with E-state index < -0.39 is 0 Å². The Hall–Kier alpha value is -0.860. The Bertz CT molecular complexity index is 436. The van der Waals surface area contributed by atoms with Crippen LogP contribution in [-0.2, 0) is 4.74 Å². The normalized spacial score (nSPS) is 35.4. The molecule has 3 heterocycles. The minimum absolute atomic E-state index is 0.351. The average Bonchev–Trinajstić information content (AvgIpc) is 2.88. The number of likely N-dealkylation sites (tertiary alicyclic amines) is 1. The van der Waals surface area contributed by atoms with Gasteiger partial charge in [0.15, 0.2) is 0 Å². The number of hydrogen-bond acceptors (Lipinski definition) is 2. The summed E-state index contributed by atoms with van der Waals surface area (Å²) < 4.78 is 6.21. The minimum atomic E-state index is 0.351. The lowest BCUT2D eigenvalue weighted by Crippen LogP contribution is -2.39. The molecule has 1 aromatic rings. The maximum atomic E-state index is 6.21. The van der Waals surface area contributed by atoms with Gasteiger partial charge in [0.2, 0.25) is 0 Å². The first-order chi connectivity index (χ1) is 8.93. The largest absolute Gasteiger partial charge is 0.364 e. The maximum Gasteiger partial charge on any atom is 0.0993 e. The van der Waals surface area contributed by atoms with Gasteiger partial charge in [0.1, 0.15) is 0 Å². The van der Waals surface area contributed by atoms with Gasteiger partial charge >= 0.3 is 0 Å². The van der Waals surface area contributed by atoms with Crippen LogP contribution in [0.2, 0.25) is 0 Å². The van der Waals surface area contributed by atoms with E-state index in [0.717, 1.165) is 0 Å². The van der Waals surface area contributed by atoms with Crippen molar-refractivity contribution in [3.05, 3.63) is 35.4 Å². The average molecular weight is 243 g/mol. The van der Waals surface area contributed by atoms with Gasteiger partial charge in [-0.3, -0.25) is 4.90 Å². The van der Waals surface area contributed by atoms with Gasteiger partial charge in [0, 0.05) is 6.04 Å². The molecule has 0 saturated carbocycles. The summed E-state index contributed by atoms with van der Waals surface area (Å²) in [6.07, 6.45) is 7.50. The standard InChI is InChI=1S/C16H21NO/c1-2-6-10-17(9-5-1)14-11-15-12-7-3-4-8-13(12)16(14)18-15/h3-4,7-8,14-16H,1-2,5-6,9-11H2/t14-,15+,16+/m0/s1. The molecule has 4 rings (SSSR count). The Morgan fingerprint density at radius 3 is 2.44 bits per heavy atom. The van der Waals surface area contributed by atoms with Crippen molar-refractivity contribution in [3.63, 3.8) is 0 Å². The van der Waals surface area contributed by atoms with Crippen molar-refractivity contribution in [2.24, 2.45) is 0 Å². The Morgan fingerprint density at radius 1 is 0.944 bits per heavy atom. The molecule has 0 N–H and O–H groups in total. The third kappa shape index (κ3) is 1.63. The van der Waals surface area contributed by atoms with Gasteiger partial charge in [-0.25, -0.2) is 0 Å². The van der Waals surface area contributed by atoms with E-state index in [1.165, 1.54) is 56.3 Å². The zero-order valence-corrected chi connectivity index (χ0v) is 10.8. The predicted molar refractivity (Wildman–Crippen MR) is 71.5 cm³/mol. The predicted octanol–water partition coefficient (Wildman–Crippen LogP) is 3.45. The molecule has 0 amide bonds. The number of benzene rings is 1. The van der Waals surface area contributed by atoms with Crippen molar-refractivity contribution in [2.75, 3.05) is 13.1 Å². The van der Waals surface area contributed by atoms with Crippen LogP contribution in [-0.4, -0.2) is 24.0 Å². The lowest BCUT2D eigenvalue weighted by molar-refractivity contribution is 0.0439.